The molecule has 0 saturated heterocycles. The number of amides is 1. The summed E-state index contributed by atoms with van der Waals surface area (Å²) >= 11 is 5.76. The van der Waals surface area contributed by atoms with E-state index in [1.807, 2.05) is 6.07 Å². The molecule has 0 atom stereocenters. The van der Waals surface area contributed by atoms with E-state index in [0.717, 1.165) is 11.6 Å². The van der Waals surface area contributed by atoms with Crippen molar-refractivity contribution in [3.63, 3.8) is 0 Å². The lowest BCUT2D eigenvalue weighted by Gasteiger charge is -2.07. The van der Waals surface area contributed by atoms with Crippen LogP contribution in [0.5, 0.6) is 0 Å². The highest BCUT2D eigenvalue weighted by Gasteiger charge is 2.08. The second-order valence-electron chi connectivity index (χ2n) is 4.15. The van der Waals surface area contributed by atoms with Gasteiger partial charge in [0.2, 0.25) is 5.91 Å². The molecule has 2 rings (SSSR count). The van der Waals surface area contributed by atoms with Crippen molar-refractivity contribution in [2.75, 3.05) is 5.32 Å². The van der Waals surface area contributed by atoms with Crippen LogP contribution in [0.4, 0.5) is 10.1 Å². The fraction of sp³-hybridized carbons (Fsp3) is 0.0667. The first-order valence-corrected chi connectivity index (χ1v) is 6.20. The minimum Gasteiger partial charge on any atom is -0.325 e. The third kappa shape index (κ3) is 3.56. The minimum absolute atomic E-state index is 0.0921. The molecule has 0 aromatic heterocycles. The number of halogens is 2. The van der Waals surface area contributed by atoms with E-state index < -0.39 is 5.82 Å². The van der Waals surface area contributed by atoms with Gasteiger partial charge in [-0.25, -0.2) is 4.39 Å². The van der Waals surface area contributed by atoms with Crippen LogP contribution >= 0.6 is 11.6 Å². The first-order chi connectivity index (χ1) is 9.58. The van der Waals surface area contributed by atoms with E-state index in [2.05, 4.69) is 5.32 Å². The van der Waals surface area contributed by atoms with Crippen molar-refractivity contribution in [3.05, 3.63) is 64.4 Å². The van der Waals surface area contributed by atoms with Gasteiger partial charge in [0.15, 0.2) is 0 Å². The molecule has 1 amide bonds. The number of rotatable bonds is 3. The van der Waals surface area contributed by atoms with Gasteiger partial charge < -0.3 is 5.32 Å². The lowest BCUT2D eigenvalue weighted by Crippen LogP contribution is -2.15. The lowest BCUT2D eigenvalue weighted by atomic mass is 10.1. The highest BCUT2D eigenvalue weighted by atomic mass is 35.5. The van der Waals surface area contributed by atoms with Crippen LogP contribution in [-0.4, -0.2) is 5.91 Å². The van der Waals surface area contributed by atoms with Crippen LogP contribution in [0.15, 0.2) is 42.5 Å². The molecule has 0 aliphatic carbocycles. The molecular weight excluding hydrogens is 279 g/mol. The van der Waals surface area contributed by atoms with Crippen molar-refractivity contribution in [3.8, 4) is 6.07 Å². The van der Waals surface area contributed by atoms with Crippen molar-refractivity contribution in [1.29, 1.82) is 5.26 Å². The van der Waals surface area contributed by atoms with Gasteiger partial charge in [0, 0.05) is 5.02 Å². The molecule has 0 saturated carbocycles. The smallest absolute Gasteiger partial charge is 0.228 e. The molecule has 100 valence electrons. The molecule has 5 heteroatoms. The van der Waals surface area contributed by atoms with E-state index in [1.165, 1.54) is 12.1 Å². The Kier molecular flexibility index (Phi) is 4.34. The Balaban J connectivity index is 2.09. The van der Waals surface area contributed by atoms with Gasteiger partial charge in [-0.15, -0.1) is 0 Å². The Hall–Kier alpha value is -2.38. The molecule has 0 aliphatic heterocycles. The number of nitrogens with one attached hydrogen (secondary N) is 1. The van der Waals surface area contributed by atoms with Crippen LogP contribution in [0.3, 0.4) is 0 Å². The predicted molar refractivity (Wildman–Crippen MR) is 74.9 cm³/mol. The first kappa shape index (κ1) is 14.0. The first-order valence-electron chi connectivity index (χ1n) is 5.82. The summed E-state index contributed by atoms with van der Waals surface area (Å²) in [6.07, 6.45) is 0.152. The molecule has 1 N–H and O–H groups in total. The lowest BCUT2D eigenvalue weighted by molar-refractivity contribution is -0.115. The van der Waals surface area contributed by atoms with Crippen molar-refractivity contribution < 1.29 is 9.18 Å². The summed E-state index contributed by atoms with van der Waals surface area (Å²) in [5.41, 5.74) is 1.19. The summed E-state index contributed by atoms with van der Waals surface area (Å²) in [4.78, 5) is 11.9. The predicted octanol–water partition coefficient (Wildman–Crippen LogP) is 3.53. The standard InChI is InChI=1S/C15H10ClFN2O/c16-12-3-1-10(2-4-12)7-15(20)19-14-6-5-13(17)8-11(14)9-18/h1-6,8H,7H2,(H,19,20). The third-order valence-corrected chi connectivity index (χ3v) is 2.91. The van der Waals surface area contributed by atoms with Crippen molar-refractivity contribution in [2.24, 2.45) is 0 Å². The van der Waals surface area contributed by atoms with Crippen LogP contribution in [-0.2, 0) is 11.2 Å². The molecule has 2 aromatic carbocycles. The molecule has 2 aromatic rings. The third-order valence-electron chi connectivity index (χ3n) is 2.65. The number of hydrogen-bond donors (Lipinski definition) is 1. The van der Waals surface area contributed by atoms with Crippen LogP contribution in [0.2, 0.25) is 5.02 Å². The Bertz CT molecular complexity index is 677. The van der Waals surface area contributed by atoms with Gasteiger partial charge in [-0.1, -0.05) is 23.7 Å². The molecule has 0 fully saturated rings. The Morgan fingerprint density at radius 2 is 1.95 bits per heavy atom. The quantitative estimate of drug-likeness (QED) is 0.939. The average molecular weight is 289 g/mol. The summed E-state index contributed by atoms with van der Waals surface area (Å²) < 4.78 is 13.0. The summed E-state index contributed by atoms with van der Waals surface area (Å²) in [6, 6.07) is 12.4. The zero-order chi connectivity index (χ0) is 14.5. The molecular formula is C15H10ClFN2O. The number of anilines is 1. The molecule has 0 aliphatic rings. The van der Waals surface area contributed by atoms with Gasteiger partial charge >= 0.3 is 0 Å². The van der Waals surface area contributed by atoms with Crippen molar-refractivity contribution in [1.82, 2.24) is 0 Å². The molecule has 0 unspecified atom stereocenters. The maximum Gasteiger partial charge on any atom is 0.228 e. The average Bonchev–Trinajstić information content (AvgIpc) is 2.43. The van der Waals surface area contributed by atoms with E-state index in [1.54, 1.807) is 24.3 Å². The molecule has 20 heavy (non-hydrogen) atoms. The molecule has 0 radical (unpaired) electrons. The van der Waals surface area contributed by atoms with Crippen molar-refractivity contribution >= 4 is 23.2 Å². The molecule has 0 bridgehead atoms. The molecule has 3 nitrogen and oxygen atoms in total. The fourth-order valence-electron chi connectivity index (χ4n) is 1.70. The maximum atomic E-state index is 13.0. The highest BCUT2D eigenvalue weighted by Crippen LogP contribution is 2.17. The molecule has 0 heterocycles. The van der Waals surface area contributed by atoms with Crippen LogP contribution < -0.4 is 5.32 Å². The van der Waals surface area contributed by atoms with Gasteiger partial charge in [0.05, 0.1) is 17.7 Å². The van der Waals surface area contributed by atoms with Crippen LogP contribution in [0.25, 0.3) is 0 Å². The minimum atomic E-state index is -0.516. The highest BCUT2D eigenvalue weighted by molar-refractivity contribution is 6.30. The number of hydrogen-bond acceptors (Lipinski definition) is 2. The number of carbonyl (C=O) groups is 1. The Morgan fingerprint density at radius 3 is 2.60 bits per heavy atom. The summed E-state index contributed by atoms with van der Waals surface area (Å²) in [5.74, 6) is -0.798. The molecule has 0 spiro atoms. The largest absolute Gasteiger partial charge is 0.325 e. The normalized spacial score (nSPS) is 9.85. The van der Waals surface area contributed by atoms with Crippen LogP contribution in [0, 0.1) is 17.1 Å². The second kappa shape index (κ2) is 6.18. The number of benzene rings is 2. The zero-order valence-electron chi connectivity index (χ0n) is 10.4. The van der Waals surface area contributed by atoms with Crippen molar-refractivity contribution in [2.45, 2.75) is 6.42 Å². The SMILES string of the molecule is N#Cc1cc(F)ccc1NC(=O)Cc1ccc(Cl)cc1. The second-order valence-corrected chi connectivity index (χ2v) is 4.59. The summed E-state index contributed by atoms with van der Waals surface area (Å²) in [5, 5.41) is 12.1. The zero-order valence-corrected chi connectivity index (χ0v) is 11.1. The van der Waals surface area contributed by atoms with E-state index in [-0.39, 0.29) is 17.9 Å². The number of nitriles is 1. The van der Waals surface area contributed by atoms with Crippen LogP contribution in [0.1, 0.15) is 11.1 Å². The Labute approximate surface area is 120 Å². The summed E-state index contributed by atoms with van der Waals surface area (Å²) in [7, 11) is 0. The van der Waals surface area contributed by atoms with Gasteiger partial charge in [-0.3, -0.25) is 4.79 Å². The van der Waals surface area contributed by atoms with E-state index in [4.69, 9.17) is 16.9 Å². The maximum absolute atomic E-state index is 13.0. The van der Waals surface area contributed by atoms with Gasteiger partial charge in [-0.05, 0) is 35.9 Å². The van der Waals surface area contributed by atoms with E-state index in [9.17, 15) is 9.18 Å². The van der Waals surface area contributed by atoms with E-state index >= 15 is 0 Å². The van der Waals surface area contributed by atoms with E-state index in [0.29, 0.717) is 10.7 Å². The number of nitrogens with zero attached hydrogens (tertiary/aromatic N) is 1. The monoisotopic (exact) mass is 288 g/mol. The van der Waals surface area contributed by atoms with Gasteiger partial charge in [-0.2, -0.15) is 5.26 Å². The van der Waals surface area contributed by atoms with Gasteiger partial charge in [0.1, 0.15) is 11.9 Å². The summed E-state index contributed by atoms with van der Waals surface area (Å²) in [6.45, 7) is 0. The number of carbonyl (C=O) groups excluding carboxylic acids is 1. The van der Waals surface area contributed by atoms with Gasteiger partial charge in [0.25, 0.3) is 0 Å². The fourth-order valence-corrected chi connectivity index (χ4v) is 1.83. The Morgan fingerprint density at radius 1 is 1.25 bits per heavy atom. The topological polar surface area (TPSA) is 52.9 Å².